The minimum atomic E-state index is 0.0122. The summed E-state index contributed by atoms with van der Waals surface area (Å²) in [6.07, 6.45) is 0. The summed E-state index contributed by atoms with van der Waals surface area (Å²) >= 11 is 6.58. The zero-order chi connectivity index (χ0) is 7.11. The minimum Gasteiger partial charge on any atom is -0.346 e. The lowest BCUT2D eigenvalue weighted by molar-refractivity contribution is 0.261. The van der Waals surface area contributed by atoms with E-state index in [2.05, 4.69) is 5.32 Å². The molecule has 0 aromatic heterocycles. The van der Waals surface area contributed by atoms with E-state index in [0.717, 1.165) is 5.75 Å². The zero-order valence-electron chi connectivity index (χ0n) is 5.32. The van der Waals surface area contributed by atoms with Crippen LogP contribution in [0.1, 0.15) is 6.92 Å². The van der Waals surface area contributed by atoms with Gasteiger partial charge in [-0.3, -0.25) is 4.79 Å². The molecule has 1 amide bonds. The third-order valence-electron chi connectivity index (χ3n) is 0.639. The first-order valence-electron chi connectivity index (χ1n) is 2.77. The van der Waals surface area contributed by atoms with E-state index in [-0.39, 0.29) is 5.24 Å². The molecule has 0 aliphatic rings. The molecule has 0 spiro atoms. The van der Waals surface area contributed by atoms with Crippen molar-refractivity contribution < 1.29 is 4.79 Å². The molecule has 0 heterocycles. The van der Waals surface area contributed by atoms with Gasteiger partial charge in [-0.05, 0) is 5.75 Å². The maximum atomic E-state index is 10.6. The van der Waals surface area contributed by atoms with Crippen LogP contribution in [0.2, 0.25) is 0 Å². The predicted molar refractivity (Wildman–Crippen MR) is 42.3 cm³/mol. The van der Waals surface area contributed by atoms with Crippen molar-refractivity contribution in [3.63, 3.8) is 0 Å². The molecule has 4 heteroatoms. The van der Waals surface area contributed by atoms with Gasteiger partial charge in [-0.2, -0.15) is 0 Å². The summed E-state index contributed by atoms with van der Waals surface area (Å²) in [4.78, 5) is 10.6. The number of amides is 1. The molecule has 0 saturated heterocycles. The van der Waals surface area contributed by atoms with Crippen LogP contribution >= 0.6 is 23.4 Å². The predicted octanol–water partition coefficient (Wildman–Crippen LogP) is 1.69. The van der Waals surface area contributed by atoms with Gasteiger partial charge < -0.3 is 5.32 Å². The Labute approximate surface area is 64.3 Å². The molecule has 0 unspecified atom stereocenters. The Hall–Kier alpha value is 0.110. The summed E-state index contributed by atoms with van der Waals surface area (Å²) in [7, 11) is 0. The molecular weight excluding hydrogens is 158 g/mol. The van der Waals surface area contributed by atoms with Crippen molar-refractivity contribution in [2.45, 2.75) is 6.92 Å². The summed E-state index contributed by atoms with van der Waals surface area (Å²) in [5.41, 5.74) is 0. The van der Waals surface area contributed by atoms with Gasteiger partial charge in [-0.1, -0.05) is 18.7 Å². The number of carbonyl (C=O) groups excluding carboxylic acids is 1. The number of rotatable bonds is 3. The molecule has 54 valence electrons. The summed E-state index contributed by atoms with van der Waals surface area (Å²) in [6.45, 7) is 2.50. The van der Waals surface area contributed by atoms with E-state index in [9.17, 15) is 4.79 Å². The van der Waals surface area contributed by atoms with E-state index in [1.807, 2.05) is 6.92 Å². The number of alkyl halides is 1. The van der Waals surface area contributed by atoms with Crippen LogP contribution in [-0.2, 0) is 0 Å². The number of carbonyl (C=O) groups is 1. The molecule has 0 aliphatic carbocycles. The first kappa shape index (κ1) is 9.11. The number of halogens is 1. The Morgan fingerprint density at radius 2 is 2.44 bits per heavy atom. The summed E-state index contributed by atoms with van der Waals surface area (Å²) in [5, 5.41) is 2.64. The third-order valence-corrected chi connectivity index (χ3v) is 1.52. The van der Waals surface area contributed by atoms with Crippen molar-refractivity contribution in [1.82, 2.24) is 5.32 Å². The van der Waals surface area contributed by atoms with Crippen LogP contribution in [0.4, 0.5) is 4.79 Å². The average Bonchev–Trinajstić information content (AvgIpc) is 1.85. The van der Waals surface area contributed by atoms with Crippen LogP contribution in [0.15, 0.2) is 0 Å². The van der Waals surface area contributed by atoms with Crippen LogP contribution in [0.5, 0.6) is 0 Å². The molecule has 0 aromatic rings. The molecule has 2 nitrogen and oxygen atoms in total. The second-order valence-electron chi connectivity index (χ2n) is 1.34. The van der Waals surface area contributed by atoms with Crippen molar-refractivity contribution in [3.8, 4) is 0 Å². The van der Waals surface area contributed by atoms with Gasteiger partial charge >= 0.3 is 0 Å². The lowest BCUT2D eigenvalue weighted by atomic mass is 10.8. The second kappa shape index (κ2) is 6.23. The molecule has 0 bridgehead atoms. The summed E-state index contributed by atoms with van der Waals surface area (Å²) in [6, 6.07) is 0. The molecule has 0 atom stereocenters. The quantitative estimate of drug-likeness (QED) is 0.649. The highest BCUT2D eigenvalue weighted by atomic mass is 35.5. The standard InChI is InChI=1S/C5H10ClNOS/c1-2-9-5(8)7-4-3-6/h2-4H2,1H3,(H,7,8). The number of hydrogen-bond donors (Lipinski definition) is 1. The SMILES string of the molecule is CCSC(=O)NCCCl. The van der Waals surface area contributed by atoms with Crippen LogP contribution in [-0.4, -0.2) is 23.4 Å². The van der Waals surface area contributed by atoms with Gasteiger partial charge in [0.05, 0.1) is 0 Å². The topological polar surface area (TPSA) is 29.1 Å². The van der Waals surface area contributed by atoms with E-state index in [1.54, 1.807) is 0 Å². The van der Waals surface area contributed by atoms with Gasteiger partial charge in [0.15, 0.2) is 0 Å². The molecule has 1 N–H and O–H groups in total. The fourth-order valence-electron chi connectivity index (χ4n) is 0.331. The van der Waals surface area contributed by atoms with Gasteiger partial charge in [0.2, 0.25) is 0 Å². The van der Waals surface area contributed by atoms with Crippen molar-refractivity contribution >= 4 is 28.6 Å². The van der Waals surface area contributed by atoms with Crippen LogP contribution < -0.4 is 5.32 Å². The molecule has 0 fully saturated rings. The van der Waals surface area contributed by atoms with Crippen LogP contribution in [0, 0.1) is 0 Å². The molecule has 0 saturated carbocycles. The smallest absolute Gasteiger partial charge is 0.279 e. The number of thioether (sulfide) groups is 1. The number of hydrogen-bond acceptors (Lipinski definition) is 2. The van der Waals surface area contributed by atoms with E-state index < -0.39 is 0 Å². The summed E-state index contributed by atoms with van der Waals surface area (Å²) < 4.78 is 0. The van der Waals surface area contributed by atoms with E-state index >= 15 is 0 Å². The number of nitrogens with one attached hydrogen (secondary N) is 1. The second-order valence-corrected chi connectivity index (χ2v) is 2.95. The van der Waals surface area contributed by atoms with Crippen molar-refractivity contribution in [1.29, 1.82) is 0 Å². The normalized spacial score (nSPS) is 9.11. The van der Waals surface area contributed by atoms with Crippen LogP contribution in [0.3, 0.4) is 0 Å². The fraction of sp³-hybridized carbons (Fsp3) is 0.800. The molecule has 0 aliphatic heterocycles. The van der Waals surface area contributed by atoms with E-state index in [0.29, 0.717) is 12.4 Å². The maximum absolute atomic E-state index is 10.6. The highest BCUT2D eigenvalue weighted by Crippen LogP contribution is 1.97. The van der Waals surface area contributed by atoms with E-state index in [4.69, 9.17) is 11.6 Å². The average molecular weight is 168 g/mol. The van der Waals surface area contributed by atoms with E-state index in [1.165, 1.54) is 11.8 Å². The van der Waals surface area contributed by atoms with Gasteiger partial charge in [0.25, 0.3) is 5.24 Å². The Morgan fingerprint density at radius 1 is 1.78 bits per heavy atom. The monoisotopic (exact) mass is 167 g/mol. The first-order chi connectivity index (χ1) is 4.31. The lowest BCUT2D eigenvalue weighted by Crippen LogP contribution is -2.20. The molecule has 0 radical (unpaired) electrons. The van der Waals surface area contributed by atoms with Crippen LogP contribution in [0.25, 0.3) is 0 Å². The Kier molecular flexibility index (Phi) is 6.31. The highest BCUT2D eigenvalue weighted by Gasteiger charge is 1.95. The minimum absolute atomic E-state index is 0.0122. The zero-order valence-corrected chi connectivity index (χ0v) is 6.89. The highest BCUT2D eigenvalue weighted by molar-refractivity contribution is 8.13. The van der Waals surface area contributed by atoms with Gasteiger partial charge in [0, 0.05) is 12.4 Å². The third kappa shape index (κ3) is 5.99. The largest absolute Gasteiger partial charge is 0.346 e. The summed E-state index contributed by atoms with van der Waals surface area (Å²) in [5.74, 6) is 1.30. The Morgan fingerprint density at radius 3 is 2.89 bits per heavy atom. The van der Waals surface area contributed by atoms with Gasteiger partial charge in [0.1, 0.15) is 0 Å². The van der Waals surface area contributed by atoms with Crippen molar-refractivity contribution in [3.05, 3.63) is 0 Å². The molecule has 9 heavy (non-hydrogen) atoms. The van der Waals surface area contributed by atoms with Gasteiger partial charge in [-0.25, -0.2) is 0 Å². The molecular formula is C5H10ClNOS. The molecule has 0 aromatic carbocycles. The Balaban J connectivity index is 3.06. The lowest BCUT2D eigenvalue weighted by Gasteiger charge is -1.97. The van der Waals surface area contributed by atoms with Gasteiger partial charge in [-0.15, -0.1) is 11.6 Å². The van der Waals surface area contributed by atoms with Crippen molar-refractivity contribution in [2.75, 3.05) is 18.2 Å². The molecule has 0 rings (SSSR count). The van der Waals surface area contributed by atoms with Crippen molar-refractivity contribution in [2.24, 2.45) is 0 Å². The Bertz CT molecular complexity index is 89.0. The first-order valence-corrected chi connectivity index (χ1v) is 4.29. The maximum Gasteiger partial charge on any atom is 0.279 e. The fourth-order valence-corrected chi connectivity index (χ4v) is 0.892.